The van der Waals surface area contributed by atoms with Crippen LogP contribution in [0.3, 0.4) is 0 Å². The molecule has 4 amide bonds. The van der Waals surface area contributed by atoms with E-state index in [0.29, 0.717) is 149 Å². The van der Waals surface area contributed by atoms with E-state index < -0.39 is 18.1 Å². The SMILES string of the molecule is CC/C=C\CCC(=O)CCCCN(CCCN(CCCCN(CCCNC(=O)CC/C=C\CC)C(=O)[C@@H](N)CCCCN)C(=O)[C@@H](N)CCCCN)C(=O)[C@@H](N)CCCCN. The van der Waals surface area contributed by atoms with Crippen molar-refractivity contribution in [3.8, 4) is 0 Å². The number of nitrogens with one attached hydrogen (secondary N) is 1. The maximum Gasteiger partial charge on any atom is 0.239 e. The van der Waals surface area contributed by atoms with E-state index in [0.717, 1.165) is 57.8 Å². The topological polar surface area (TPSA) is 263 Å². The molecule has 0 aliphatic heterocycles. The van der Waals surface area contributed by atoms with Gasteiger partial charge in [-0.15, -0.1) is 0 Å². The van der Waals surface area contributed by atoms with Crippen LogP contribution in [0.1, 0.15) is 155 Å². The molecule has 61 heavy (non-hydrogen) atoms. The van der Waals surface area contributed by atoms with E-state index in [1.165, 1.54) is 0 Å². The molecule has 3 atom stereocenters. The number of unbranched alkanes of at least 4 members (excludes halogenated alkanes) is 5. The van der Waals surface area contributed by atoms with Crippen LogP contribution in [0, 0.1) is 0 Å². The number of ketones is 1. The number of amides is 4. The number of carbonyl (C=O) groups excluding carboxylic acids is 5. The zero-order chi connectivity index (χ0) is 45.5. The number of Topliss-reactive ketones (excluding diaryl/α,β-unsaturated/α-hetero) is 1. The maximum atomic E-state index is 13.8. The minimum Gasteiger partial charge on any atom is -0.356 e. The van der Waals surface area contributed by atoms with Crippen LogP contribution in [0.15, 0.2) is 24.3 Å². The van der Waals surface area contributed by atoms with E-state index in [1.807, 2.05) is 18.2 Å². The van der Waals surface area contributed by atoms with Crippen molar-refractivity contribution < 1.29 is 24.0 Å². The van der Waals surface area contributed by atoms with Crippen LogP contribution >= 0.6 is 0 Å². The van der Waals surface area contributed by atoms with E-state index in [4.69, 9.17) is 34.4 Å². The Bertz CT molecular complexity index is 1220. The zero-order valence-corrected chi connectivity index (χ0v) is 38.5. The lowest BCUT2D eigenvalue weighted by Crippen LogP contribution is -2.47. The number of hydrogen-bond donors (Lipinski definition) is 7. The summed E-state index contributed by atoms with van der Waals surface area (Å²) in [4.78, 5) is 71.0. The smallest absolute Gasteiger partial charge is 0.239 e. The average Bonchev–Trinajstić information content (AvgIpc) is 3.25. The third kappa shape index (κ3) is 30.5. The Hall–Kier alpha value is -3.21. The highest BCUT2D eigenvalue weighted by atomic mass is 16.2. The third-order valence-corrected chi connectivity index (χ3v) is 10.7. The van der Waals surface area contributed by atoms with Gasteiger partial charge in [-0.1, -0.05) is 57.4 Å². The van der Waals surface area contributed by atoms with Gasteiger partial charge >= 0.3 is 0 Å². The van der Waals surface area contributed by atoms with Crippen molar-refractivity contribution in [3.63, 3.8) is 0 Å². The molecular formula is C46H90N10O5. The molecule has 0 bridgehead atoms. The third-order valence-electron chi connectivity index (χ3n) is 10.7. The molecule has 0 unspecified atom stereocenters. The summed E-state index contributed by atoms with van der Waals surface area (Å²) in [6.07, 6.45) is 23.0. The molecule has 15 heteroatoms. The fourth-order valence-corrected chi connectivity index (χ4v) is 7.02. The summed E-state index contributed by atoms with van der Waals surface area (Å²) >= 11 is 0. The van der Waals surface area contributed by atoms with Crippen molar-refractivity contribution >= 4 is 29.4 Å². The van der Waals surface area contributed by atoms with Crippen LogP contribution < -0.4 is 39.7 Å². The Labute approximate surface area is 369 Å². The molecule has 0 aromatic carbocycles. The summed E-state index contributed by atoms with van der Waals surface area (Å²) < 4.78 is 0. The van der Waals surface area contributed by atoms with Gasteiger partial charge in [-0.25, -0.2) is 0 Å². The van der Waals surface area contributed by atoms with Gasteiger partial charge in [0.15, 0.2) is 0 Å². The summed E-state index contributed by atoms with van der Waals surface area (Å²) in [5.41, 5.74) is 36.2. The van der Waals surface area contributed by atoms with E-state index in [-0.39, 0.29) is 29.4 Å². The first-order chi connectivity index (χ1) is 29.5. The Kier molecular flexibility index (Phi) is 37.5. The molecule has 15 nitrogen and oxygen atoms in total. The monoisotopic (exact) mass is 863 g/mol. The van der Waals surface area contributed by atoms with Gasteiger partial charge in [0.05, 0.1) is 18.1 Å². The first-order valence-electron chi connectivity index (χ1n) is 23.8. The summed E-state index contributed by atoms with van der Waals surface area (Å²) in [5.74, 6) is -0.182. The zero-order valence-electron chi connectivity index (χ0n) is 38.5. The van der Waals surface area contributed by atoms with Gasteiger partial charge in [0.25, 0.3) is 0 Å². The summed E-state index contributed by atoms with van der Waals surface area (Å²) in [7, 11) is 0. The molecule has 13 N–H and O–H groups in total. The summed E-state index contributed by atoms with van der Waals surface area (Å²) in [6, 6.07) is -1.95. The van der Waals surface area contributed by atoms with Crippen molar-refractivity contribution in [2.45, 2.75) is 173 Å². The highest BCUT2D eigenvalue weighted by Crippen LogP contribution is 2.12. The summed E-state index contributed by atoms with van der Waals surface area (Å²) in [5, 5.41) is 2.96. The Morgan fingerprint density at radius 3 is 1.25 bits per heavy atom. The van der Waals surface area contributed by atoms with Crippen molar-refractivity contribution in [1.82, 2.24) is 20.0 Å². The first-order valence-corrected chi connectivity index (χ1v) is 23.8. The van der Waals surface area contributed by atoms with Crippen molar-refractivity contribution in [1.29, 1.82) is 0 Å². The number of nitrogens with two attached hydrogens (primary N) is 6. The molecule has 0 aliphatic carbocycles. The molecule has 0 rings (SSSR count). The number of nitrogens with zero attached hydrogens (tertiary/aromatic N) is 3. The second-order valence-electron chi connectivity index (χ2n) is 16.2. The van der Waals surface area contributed by atoms with Crippen LogP contribution in [-0.2, 0) is 24.0 Å². The predicted molar refractivity (Wildman–Crippen MR) is 250 cm³/mol. The van der Waals surface area contributed by atoms with Crippen LogP contribution in [-0.4, -0.2) is 128 Å². The van der Waals surface area contributed by atoms with Crippen LogP contribution in [0.25, 0.3) is 0 Å². The predicted octanol–water partition coefficient (Wildman–Crippen LogP) is 3.75. The summed E-state index contributed by atoms with van der Waals surface area (Å²) in [6.45, 7) is 8.86. The van der Waals surface area contributed by atoms with Gasteiger partial charge in [0.1, 0.15) is 5.78 Å². The van der Waals surface area contributed by atoms with Gasteiger partial charge in [-0.2, -0.15) is 0 Å². The molecule has 0 saturated heterocycles. The van der Waals surface area contributed by atoms with E-state index in [2.05, 4.69) is 25.2 Å². The molecule has 354 valence electrons. The van der Waals surface area contributed by atoms with Crippen LogP contribution in [0.5, 0.6) is 0 Å². The fraction of sp³-hybridized carbons (Fsp3) is 0.804. The lowest BCUT2D eigenvalue weighted by molar-refractivity contribution is -0.135. The number of carbonyl (C=O) groups is 5. The largest absolute Gasteiger partial charge is 0.356 e. The number of rotatable bonds is 41. The minimum atomic E-state index is -0.669. The molecular weight excluding hydrogens is 773 g/mol. The van der Waals surface area contributed by atoms with E-state index in [1.54, 1.807) is 14.7 Å². The quantitative estimate of drug-likeness (QED) is 0.0344. The molecule has 0 aromatic rings. The lowest BCUT2D eigenvalue weighted by atomic mass is 10.1. The second-order valence-corrected chi connectivity index (χ2v) is 16.2. The highest BCUT2D eigenvalue weighted by molar-refractivity contribution is 5.83. The molecule has 0 aromatic heterocycles. The Morgan fingerprint density at radius 2 is 0.836 bits per heavy atom. The van der Waals surface area contributed by atoms with Gasteiger partial charge in [0.2, 0.25) is 23.6 Å². The molecule has 0 saturated carbocycles. The lowest BCUT2D eigenvalue weighted by Gasteiger charge is -2.30. The molecule has 0 spiro atoms. The Balaban J connectivity index is 5.71. The number of hydrogen-bond acceptors (Lipinski definition) is 11. The first kappa shape index (κ1) is 57.8. The fourth-order valence-electron chi connectivity index (χ4n) is 7.02. The van der Waals surface area contributed by atoms with Gasteiger partial charge in [-0.05, 0) is 122 Å². The maximum absolute atomic E-state index is 13.8. The van der Waals surface area contributed by atoms with Gasteiger partial charge in [0, 0.05) is 65.1 Å². The standard InChI is InChI=1S/C46H90N10O5/c1-3-5-7-9-23-39(57)24-14-18-33-55(45(60)41(51)26-12-16-30-48)37-22-38-56(46(61)42(52)27-13-17-31-49)35-20-19-34-54(44(59)40(50)25-11-15-29-47)36-21-32-53-43(58)28-10-8-6-4-2/h5-8,40-42H,3-4,9-38,47-52H2,1-2H3,(H,53,58)/b7-5-,8-6-/t40-,41-,42-/m0/s1. The van der Waals surface area contributed by atoms with Crippen molar-refractivity contribution in [2.75, 3.05) is 65.4 Å². The van der Waals surface area contributed by atoms with Gasteiger partial charge < -0.3 is 54.4 Å². The van der Waals surface area contributed by atoms with E-state index >= 15 is 0 Å². The second kappa shape index (κ2) is 39.6. The van der Waals surface area contributed by atoms with Crippen molar-refractivity contribution in [2.24, 2.45) is 34.4 Å². The minimum absolute atomic E-state index is 0.0148. The van der Waals surface area contributed by atoms with Gasteiger partial charge in [-0.3, -0.25) is 24.0 Å². The highest BCUT2D eigenvalue weighted by Gasteiger charge is 2.25. The average molecular weight is 863 g/mol. The molecule has 0 radical (unpaired) electrons. The van der Waals surface area contributed by atoms with Crippen molar-refractivity contribution in [3.05, 3.63) is 24.3 Å². The van der Waals surface area contributed by atoms with Crippen LogP contribution in [0.2, 0.25) is 0 Å². The van der Waals surface area contributed by atoms with Crippen LogP contribution in [0.4, 0.5) is 0 Å². The molecule has 0 aliphatic rings. The molecule has 0 fully saturated rings. The number of allylic oxidation sites excluding steroid dienone is 4. The van der Waals surface area contributed by atoms with E-state index in [9.17, 15) is 24.0 Å². The molecule has 0 heterocycles. The normalized spacial score (nSPS) is 13.0. The Morgan fingerprint density at radius 1 is 0.459 bits per heavy atom.